The van der Waals surface area contributed by atoms with Crippen molar-refractivity contribution in [2.24, 2.45) is 0 Å². The van der Waals surface area contributed by atoms with Gasteiger partial charge in [0.15, 0.2) is 6.61 Å². The van der Waals surface area contributed by atoms with Crippen LogP contribution in [0.1, 0.15) is 24.2 Å². The summed E-state index contributed by atoms with van der Waals surface area (Å²) in [5.41, 5.74) is 0.456. The second-order valence-corrected chi connectivity index (χ2v) is 5.77. The fraction of sp³-hybridized carbons (Fsp3) is 0.471. The molecular formula is C17H22N2O5. The lowest BCUT2D eigenvalue weighted by Gasteiger charge is -2.35. The molecule has 1 aromatic carbocycles. The number of carbonyl (C=O) groups excluding carboxylic acids is 3. The van der Waals surface area contributed by atoms with Gasteiger partial charge in [0.05, 0.1) is 12.2 Å². The number of esters is 1. The van der Waals surface area contributed by atoms with Crippen molar-refractivity contribution < 1.29 is 23.9 Å². The van der Waals surface area contributed by atoms with Crippen molar-refractivity contribution in [1.82, 2.24) is 10.2 Å². The molecule has 2 rings (SSSR count). The van der Waals surface area contributed by atoms with E-state index in [1.165, 1.54) is 0 Å². The van der Waals surface area contributed by atoms with Crippen LogP contribution in [0.3, 0.4) is 0 Å². The third kappa shape index (κ3) is 5.34. The topological polar surface area (TPSA) is 84.9 Å². The van der Waals surface area contributed by atoms with Gasteiger partial charge in [-0.2, -0.15) is 0 Å². The van der Waals surface area contributed by atoms with Crippen LogP contribution in [0.4, 0.5) is 0 Å². The monoisotopic (exact) mass is 334 g/mol. The molecule has 1 N–H and O–H groups in total. The SMILES string of the molecule is C[C@H]1CN(C(=O)COC(=O)CNC(=O)c2ccccc2)C[C@H](C)O1. The van der Waals surface area contributed by atoms with Gasteiger partial charge in [0.2, 0.25) is 0 Å². The average Bonchev–Trinajstić information content (AvgIpc) is 2.57. The molecule has 1 saturated heterocycles. The molecule has 2 amide bonds. The van der Waals surface area contributed by atoms with Crippen LogP contribution in [0.25, 0.3) is 0 Å². The first-order valence-electron chi connectivity index (χ1n) is 7.88. The molecule has 1 aliphatic heterocycles. The predicted molar refractivity (Wildman–Crippen MR) is 86.3 cm³/mol. The molecule has 0 unspecified atom stereocenters. The highest BCUT2D eigenvalue weighted by atomic mass is 16.5. The lowest BCUT2D eigenvalue weighted by molar-refractivity contribution is -0.156. The van der Waals surface area contributed by atoms with Crippen molar-refractivity contribution in [3.05, 3.63) is 35.9 Å². The molecule has 0 spiro atoms. The third-order valence-corrected chi connectivity index (χ3v) is 3.56. The van der Waals surface area contributed by atoms with Crippen LogP contribution >= 0.6 is 0 Å². The fourth-order valence-corrected chi connectivity index (χ4v) is 2.51. The number of nitrogens with one attached hydrogen (secondary N) is 1. The molecule has 0 aromatic heterocycles. The highest BCUT2D eigenvalue weighted by Crippen LogP contribution is 2.10. The Hall–Kier alpha value is -2.41. The van der Waals surface area contributed by atoms with Gasteiger partial charge in [0.1, 0.15) is 6.54 Å². The Morgan fingerprint density at radius 3 is 2.42 bits per heavy atom. The van der Waals surface area contributed by atoms with Crippen LogP contribution in [0.5, 0.6) is 0 Å². The maximum atomic E-state index is 12.1. The van der Waals surface area contributed by atoms with Crippen molar-refractivity contribution in [1.29, 1.82) is 0 Å². The van der Waals surface area contributed by atoms with Crippen molar-refractivity contribution in [3.63, 3.8) is 0 Å². The average molecular weight is 334 g/mol. The Morgan fingerprint density at radius 1 is 1.17 bits per heavy atom. The van der Waals surface area contributed by atoms with E-state index in [-0.39, 0.29) is 37.2 Å². The van der Waals surface area contributed by atoms with E-state index in [1.54, 1.807) is 35.2 Å². The second kappa shape index (κ2) is 8.44. The summed E-state index contributed by atoms with van der Waals surface area (Å²) in [4.78, 5) is 37.1. The standard InChI is InChI=1S/C17H22N2O5/c1-12-9-19(10-13(2)24-12)15(20)11-23-16(21)8-18-17(22)14-6-4-3-5-7-14/h3-7,12-13H,8-11H2,1-2H3,(H,18,22)/t12-,13-/m0/s1. The van der Waals surface area contributed by atoms with Gasteiger partial charge in [-0.25, -0.2) is 0 Å². The first-order chi connectivity index (χ1) is 11.5. The van der Waals surface area contributed by atoms with Gasteiger partial charge < -0.3 is 19.7 Å². The second-order valence-electron chi connectivity index (χ2n) is 5.77. The molecule has 1 fully saturated rings. The van der Waals surface area contributed by atoms with E-state index in [2.05, 4.69) is 5.32 Å². The lowest BCUT2D eigenvalue weighted by Crippen LogP contribution is -2.49. The number of nitrogens with zero attached hydrogens (tertiary/aromatic N) is 1. The first kappa shape index (κ1) is 17.9. The van der Waals surface area contributed by atoms with Crippen LogP contribution in [0, 0.1) is 0 Å². The first-order valence-corrected chi connectivity index (χ1v) is 7.88. The molecule has 1 heterocycles. The highest BCUT2D eigenvalue weighted by Gasteiger charge is 2.26. The normalized spacial score (nSPS) is 20.3. The van der Waals surface area contributed by atoms with E-state index >= 15 is 0 Å². The molecule has 24 heavy (non-hydrogen) atoms. The lowest BCUT2D eigenvalue weighted by atomic mass is 10.2. The van der Waals surface area contributed by atoms with Crippen molar-refractivity contribution in [2.75, 3.05) is 26.2 Å². The quantitative estimate of drug-likeness (QED) is 0.797. The maximum absolute atomic E-state index is 12.1. The van der Waals surface area contributed by atoms with E-state index in [0.717, 1.165) is 0 Å². The largest absolute Gasteiger partial charge is 0.454 e. The molecule has 0 bridgehead atoms. The molecule has 1 aliphatic rings. The summed E-state index contributed by atoms with van der Waals surface area (Å²) in [6.45, 7) is 4.12. The minimum Gasteiger partial charge on any atom is -0.454 e. The fourth-order valence-electron chi connectivity index (χ4n) is 2.51. The predicted octanol–water partition coefficient (Wildman–Crippen LogP) is 0.595. The Morgan fingerprint density at radius 2 is 1.79 bits per heavy atom. The highest BCUT2D eigenvalue weighted by molar-refractivity contribution is 5.96. The van der Waals surface area contributed by atoms with Gasteiger partial charge in [0.25, 0.3) is 11.8 Å². The molecule has 130 valence electrons. The van der Waals surface area contributed by atoms with Crippen LogP contribution in [0.15, 0.2) is 30.3 Å². The Labute approximate surface area is 140 Å². The minimum absolute atomic E-state index is 0.0430. The van der Waals surface area contributed by atoms with E-state index < -0.39 is 5.97 Å². The summed E-state index contributed by atoms with van der Waals surface area (Å²) in [5.74, 6) is -1.28. The molecule has 1 aromatic rings. The zero-order valence-corrected chi connectivity index (χ0v) is 13.9. The van der Waals surface area contributed by atoms with Gasteiger partial charge in [-0.05, 0) is 26.0 Å². The summed E-state index contributed by atoms with van der Waals surface area (Å²) in [6, 6.07) is 8.55. The Kier molecular flexibility index (Phi) is 6.31. The van der Waals surface area contributed by atoms with Crippen LogP contribution in [-0.4, -0.2) is 61.1 Å². The van der Waals surface area contributed by atoms with E-state index in [4.69, 9.17) is 9.47 Å². The van der Waals surface area contributed by atoms with Crippen molar-refractivity contribution in [2.45, 2.75) is 26.1 Å². The van der Waals surface area contributed by atoms with Crippen molar-refractivity contribution in [3.8, 4) is 0 Å². The van der Waals surface area contributed by atoms with Crippen LogP contribution in [0.2, 0.25) is 0 Å². The Balaban J connectivity index is 1.71. The summed E-state index contributed by atoms with van der Waals surface area (Å²) >= 11 is 0. The number of rotatable bonds is 5. The third-order valence-electron chi connectivity index (χ3n) is 3.56. The number of amides is 2. The molecule has 0 saturated carbocycles. The molecule has 7 nitrogen and oxygen atoms in total. The van der Waals surface area contributed by atoms with Gasteiger partial charge in [0, 0.05) is 18.7 Å². The van der Waals surface area contributed by atoms with Crippen molar-refractivity contribution >= 4 is 17.8 Å². The summed E-state index contributed by atoms with van der Waals surface area (Å²) in [6.07, 6.45) is -0.0860. The zero-order chi connectivity index (χ0) is 17.5. The molecule has 0 radical (unpaired) electrons. The number of morpholine rings is 1. The number of benzene rings is 1. The van der Waals surface area contributed by atoms with E-state index in [1.807, 2.05) is 13.8 Å². The number of ether oxygens (including phenoxy) is 2. The smallest absolute Gasteiger partial charge is 0.325 e. The minimum atomic E-state index is -0.651. The molecular weight excluding hydrogens is 312 g/mol. The maximum Gasteiger partial charge on any atom is 0.325 e. The van der Waals surface area contributed by atoms with Gasteiger partial charge in [-0.3, -0.25) is 14.4 Å². The summed E-state index contributed by atoms with van der Waals surface area (Å²) in [7, 11) is 0. The van der Waals surface area contributed by atoms with Crippen LogP contribution in [-0.2, 0) is 19.1 Å². The number of hydrogen-bond acceptors (Lipinski definition) is 5. The number of carbonyl (C=O) groups is 3. The Bertz CT molecular complexity index is 580. The molecule has 7 heteroatoms. The molecule has 2 atom stereocenters. The van der Waals surface area contributed by atoms with Gasteiger partial charge in [-0.1, -0.05) is 18.2 Å². The van der Waals surface area contributed by atoms with E-state index in [9.17, 15) is 14.4 Å². The van der Waals surface area contributed by atoms with Crippen LogP contribution < -0.4 is 5.32 Å². The van der Waals surface area contributed by atoms with Gasteiger partial charge in [-0.15, -0.1) is 0 Å². The molecule has 0 aliphatic carbocycles. The van der Waals surface area contributed by atoms with E-state index in [0.29, 0.717) is 18.7 Å². The van der Waals surface area contributed by atoms with Gasteiger partial charge >= 0.3 is 5.97 Å². The zero-order valence-electron chi connectivity index (χ0n) is 13.9. The summed E-state index contributed by atoms with van der Waals surface area (Å²) in [5, 5.41) is 2.46. The number of hydrogen-bond donors (Lipinski definition) is 1. The summed E-state index contributed by atoms with van der Waals surface area (Å²) < 4.78 is 10.5.